The van der Waals surface area contributed by atoms with Crippen molar-refractivity contribution >= 4 is 12.0 Å². The summed E-state index contributed by atoms with van der Waals surface area (Å²) >= 11 is 0. The molecule has 1 amide bonds. The van der Waals surface area contributed by atoms with E-state index in [1.165, 1.54) is 11.1 Å². The minimum Gasteiger partial charge on any atom is -0.492 e. The number of rotatable bonds is 6. The second-order valence-corrected chi connectivity index (χ2v) is 7.16. The van der Waals surface area contributed by atoms with Gasteiger partial charge in [-0.2, -0.15) is 0 Å². The Morgan fingerprint density at radius 2 is 1.68 bits per heavy atom. The van der Waals surface area contributed by atoms with Crippen LogP contribution >= 0.6 is 0 Å². The summed E-state index contributed by atoms with van der Waals surface area (Å²) in [5, 5.41) is 2.82. The largest absolute Gasteiger partial charge is 0.492 e. The molecular formula is C22H27NO2. The van der Waals surface area contributed by atoms with Gasteiger partial charge < -0.3 is 10.1 Å². The summed E-state index contributed by atoms with van der Waals surface area (Å²) in [4.78, 5) is 11.8. The minimum absolute atomic E-state index is 0.118. The fourth-order valence-corrected chi connectivity index (χ4v) is 2.30. The second kappa shape index (κ2) is 8.52. The summed E-state index contributed by atoms with van der Waals surface area (Å²) in [5.41, 5.74) is 3.62. The first-order valence-corrected chi connectivity index (χ1v) is 8.60. The van der Waals surface area contributed by atoms with Gasteiger partial charge in [0.25, 0.3) is 0 Å². The molecule has 1 N–H and O–H groups in total. The lowest BCUT2D eigenvalue weighted by Gasteiger charge is -2.18. The first-order valence-electron chi connectivity index (χ1n) is 8.60. The molecule has 0 bridgehead atoms. The van der Waals surface area contributed by atoms with Crippen LogP contribution in [0.3, 0.4) is 0 Å². The fourth-order valence-electron chi connectivity index (χ4n) is 2.30. The lowest BCUT2D eigenvalue weighted by Crippen LogP contribution is -2.26. The van der Waals surface area contributed by atoms with Gasteiger partial charge in [0.15, 0.2) is 0 Å². The van der Waals surface area contributed by atoms with Crippen LogP contribution in [0, 0.1) is 6.92 Å². The number of ether oxygens (including phenoxy) is 1. The molecule has 3 heteroatoms. The van der Waals surface area contributed by atoms with Crippen molar-refractivity contribution in [1.29, 1.82) is 0 Å². The molecule has 0 aliphatic rings. The number of nitrogens with one attached hydrogen (secondary N) is 1. The molecule has 0 spiro atoms. The van der Waals surface area contributed by atoms with Crippen molar-refractivity contribution in [2.24, 2.45) is 0 Å². The monoisotopic (exact) mass is 337 g/mol. The van der Waals surface area contributed by atoms with Crippen molar-refractivity contribution in [2.45, 2.75) is 33.1 Å². The molecule has 0 radical (unpaired) electrons. The summed E-state index contributed by atoms with van der Waals surface area (Å²) < 4.78 is 5.58. The summed E-state index contributed by atoms with van der Waals surface area (Å²) in [5.74, 6) is 0.696. The van der Waals surface area contributed by atoms with Gasteiger partial charge in [-0.05, 0) is 41.7 Å². The van der Waals surface area contributed by atoms with Crippen LogP contribution in [0.25, 0.3) is 6.08 Å². The molecule has 25 heavy (non-hydrogen) atoms. The van der Waals surface area contributed by atoms with Gasteiger partial charge in [0.1, 0.15) is 12.4 Å². The van der Waals surface area contributed by atoms with Crippen molar-refractivity contribution in [3.05, 3.63) is 71.3 Å². The standard InChI is InChI=1S/C22H27NO2/c1-17-5-12-20(13-6-17)25-16-15-23-21(24)14-9-18-7-10-19(11-8-18)22(2,3)4/h5-14H,15-16H2,1-4H3,(H,23,24)/b14-9+. The van der Waals surface area contributed by atoms with E-state index in [1.807, 2.05) is 49.4 Å². The van der Waals surface area contributed by atoms with Gasteiger partial charge in [-0.15, -0.1) is 0 Å². The van der Waals surface area contributed by atoms with Gasteiger partial charge in [0, 0.05) is 6.08 Å². The predicted molar refractivity (Wildman–Crippen MR) is 104 cm³/mol. The van der Waals surface area contributed by atoms with Crippen molar-refractivity contribution in [3.63, 3.8) is 0 Å². The Hall–Kier alpha value is -2.55. The molecule has 2 rings (SSSR count). The maximum absolute atomic E-state index is 11.8. The third-order valence-electron chi connectivity index (χ3n) is 3.89. The van der Waals surface area contributed by atoms with Crippen LogP contribution < -0.4 is 10.1 Å². The highest BCUT2D eigenvalue weighted by Crippen LogP contribution is 2.22. The van der Waals surface area contributed by atoms with Crippen LogP contribution in [-0.2, 0) is 10.2 Å². The molecule has 0 unspecified atom stereocenters. The topological polar surface area (TPSA) is 38.3 Å². The number of carbonyl (C=O) groups excluding carboxylic acids is 1. The van der Waals surface area contributed by atoms with Crippen LogP contribution in [0.15, 0.2) is 54.6 Å². The normalized spacial score (nSPS) is 11.5. The Morgan fingerprint density at radius 1 is 1.04 bits per heavy atom. The highest BCUT2D eigenvalue weighted by atomic mass is 16.5. The van der Waals surface area contributed by atoms with Gasteiger partial charge >= 0.3 is 0 Å². The molecule has 0 saturated heterocycles. The molecule has 0 aliphatic heterocycles. The molecule has 0 aliphatic carbocycles. The number of hydrogen-bond acceptors (Lipinski definition) is 2. The molecule has 2 aromatic carbocycles. The van der Waals surface area contributed by atoms with Crippen molar-refractivity contribution in [3.8, 4) is 5.75 Å². The Bertz CT molecular complexity index is 707. The fraction of sp³-hybridized carbons (Fsp3) is 0.318. The summed E-state index contributed by atoms with van der Waals surface area (Å²) in [6.45, 7) is 9.51. The lowest BCUT2D eigenvalue weighted by molar-refractivity contribution is -0.116. The van der Waals surface area contributed by atoms with Gasteiger partial charge in [0.05, 0.1) is 6.54 Å². The summed E-state index contributed by atoms with van der Waals surface area (Å²) in [6, 6.07) is 16.1. The number of aryl methyl sites for hydroxylation is 1. The summed E-state index contributed by atoms with van der Waals surface area (Å²) in [7, 11) is 0. The Labute approximate surface area is 150 Å². The number of benzene rings is 2. The van der Waals surface area contributed by atoms with E-state index in [2.05, 4.69) is 38.2 Å². The van der Waals surface area contributed by atoms with E-state index in [1.54, 1.807) is 6.08 Å². The van der Waals surface area contributed by atoms with E-state index in [9.17, 15) is 4.79 Å². The van der Waals surface area contributed by atoms with E-state index < -0.39 is 0 Å². The van der Waals surface area contributed by atoms with Crippen LogP contribution in [0.1, 0.15) is 37.5 Å². The average Bonchev–Trinajstić information content (AvgIpc) is 2.58. The smallest absolute Gasteiger partial charge is 0.244 e. The highest BCUT2D eigenvalue weighted by Gasteiger charge is 2.12. The Kier molecular flexibility index (Phi) is 6.40. The van der Waals surface area contributed by atoms with E-state index in [4.69, 9.17) is 4.74 Å². The zero-order valence-electron chi connectivity index (χ0n) is 15.5. The average molecular weight is 337 g/mol. The van der Waals surface area contributed by atoms with Crippen molar-refractivity contribution < 1.29 is 9.53 Å². The van der Waals surface area contributed by atoms with E-state index in [0.29, 0.717) is 13.2 Å². The van der Waals surface area contributed by atoms with Gasteiger partial charge in [-0.25, -0.2) is 0 Å². The number of amides is 1. The molecule has 132 valence electrons. The zero-order chi connectivity index (χ0) is 18.3. The quantitative estimate of drug-likeness (QED) is 0.622. The predicted octanol–water partition coefficient (Wildman–Crippen LogP) is 4.50. The Balaban J connectivity index is 1.74. The van der Waals surface area contributed by atoms with Gasteiger partial charge in [0.2, 0.25) is 5.91 Å². The molecule has 2 aromatic rings. The minimum atomic E-state index is -0.118. The first kappa shape index (κ1) is 18.8. The third kappa shape index (κ3) is 6.46. The molecule has 3 nitrogen and oxygen atoms in total. The SMILES string of the molecule is Cc1ccc(OCCNC(=O)/C=C/c2ccc(C(C)(C)C)cc2)cc1. The number of carbonyl (C=O) groups is 1. The van der Waals surface area contributed by atoms with E-state index >= 15 is 0 Å². The molecular weight excluding hydrogens is 310 g/mol. The number of hydrogen-bond donors (Lipinski definition) is 1. The second-order valence-electron chi connectivity index (χ2n) is 7.16. The van der Waals surface area contributed by atoms with E-state index in [-0.39, 0.29) is 11.3 Å². The van der Waals surface area contributed by atoms with Crippen molar-refractivity contribution in [1.82, 2.24) is 5.32 Å². The summed E-state index contributed by atoms with van der Waals surface area (Å²) in [6.07, 6.45) is 3.38. The Morgan fingerprint density at radius 3 is 2.28 bits per heavy atom. The van der Waals surface area contributed by atoms with Gasteiger partial charge in [-0.1, -0.05) is 62.7 Å². The third-order valence-corrected chi connectivity index (χ3v) is 3.89. The maximum Gasteiger partial charge on any atom is 0.244 e. The molecule has 0 heterocycles. The van der Waals surface area contributed by atoms with Crippen LogP contribution in [0.5, 0.6) is 5.75 Å². The maximum atomic E-state index is 11.8. The molecule has 0 aromatic heterocycles. The first-order chi connectivity index (χ1) is 11.8. The molecule has 0 atom stereocenters. The zero-order valence-corrected chi connectivity index (χ0v) is 15.5. The highest BCUT2D eigenvalue weighted by molar-refractivity contribution is 5.91. The van der Waals surface area contributed by atoms with Crippen LogP contribution in [0.4, 0.5) is 0 Å². The van der Waals surface area contributed by atoms with Crippen molar-refractivity contribution in [2.75, 3.05) is 13.2 Å². The molecule has 0 saturated carbocycles. The van der Waals surface area contributed by atoms with Gasteiger partial charge in [-0.3, -0.25) is 4.79 Å². The van der Waals surface area contributed by atoms with Crippen LogP contribution in [0.2, 0.25) is 0 Å². The lowest BCUT2D eigenvalue weighted by atomic mass is 9.87. The van der Waals surface area contributed by atoms with Crippen LogP contribution in [-0.4, -0.2) is 19.1 Å². The molecule has 0 fully saturated rings. The van der Waals surface area contributed by atoms with E-state index in [0.717, 1.165) is 11.3 Å².